The van der Waals surface area contributed by atoms with Crippen LogP contribution >= 0.6 is 0 Å². The second-order valence-corrected chi connectivity index (χ2v) is 4.12. The summed E-state index contributed by atoms with van der Waals surface area (Å²) in [6.07, 6.45) is -11.7. The molecule has 0 aromatic rings. The average molecular weight is 313 g/mol. The topological polar surface area (TPSA) is 41.9 Å². The zero-order valence-electron chi connectivity index (χ0n) is 11.0. The Hall–Kier alpha value is -0.580. The highest BCUT2D eigenvalue weighted by Crippen LogP contribution is 2.43. The van der Waals surface area contributed by atoms with E-state index in [-0.39, 0.29) is 26.3 Å². The van der Waals surface area contributed by atoms with Crippen molar-refractivity contribution in [2.75, 3.05) is 47.1 Å². The van der Waals surface area contributed by atoms with Gasteiger partial charge >= 0.3 is 12.4 Å². The molecule has 122 valence electrons. The van der Waals surface area contributed by atoms with Crippen molar-refractivity contribution in [2.24, 2.45) is 0 Å². The molecule has 0 saturated heterocycles. The van der Waals surface area contributed by atoms with E-state index in [0.29, 0.717) is 0 Å². The summed E-state index contributed by atoms with van der Waals surface area (Å²) in [6.45, 7) is -2.18. The molecule has 0 heterocycles. The van der Waals surface area contributed by atoms with Crippen LogP contribution in [-0.2, 0) is 9.47 Å². The van der Waals surface area contributed by atoms with E-state index in [1.54, 1.807) is 0 Å². The highest BCUT2D eigenvalue weighted by atomic mass is 19.4. The van der Waals surface area contributed by atoms with Crippen LogP contribution in [-0.4, -0.2) is 75.0 Å². The molecule has 20 heavy (non-hydrogen) atoms. The lowest BCUT2D eigenvalue weighted by Gasteiger charge is -2.36. The van der Waals surface area contributed by atoms with Crippen molar-refractivity contribution in [3.8, 4) is 0 Å². The van der Waals surface area contributed by atoms with E-state index >= 15 is 0 Å². The Balaban J connectivity index is 5.07. The fraction of sp³-hybridized carbons (Fsp3) is 1.00. The van der Waals surface area contributed by atoms with Crippen molar-refractivity contribution in [3.63, 3.8) is 0 Å². The molecule has 10 heteroatoms. The number of nitrogens with zero attached hydrogens (tertiary/aromatic N) is 1. The first-order chi connectivity index (χ1) is 8.99. The molecule has 0 atom stereocenters. The zero-order chi connectivity index (χ0) is 16.0. The Kier molecular flexibility index (Phi) is 7.22. The number of ether oxygens (including phenoxy) is 2. The fourth-order valence-electron chi connectivity index (χ4n) is 1.37. The third kappa shape index (κ3) is 5.08. The summed E-state index contributed by atoms with van der Waals surface area (Å²) in [7, 11) is 2.52. The summed E-state index contributed by atoms with van der Waals surface area (Å²) in [5, 5.41) is 9.08. The molecule has 4 nitrogen and oxygen atoms in total. The molecule has 0 aliphatic carbocycles. The van der Waals surface area contributed by atoms with Gasteiger partial charge in [0.05, 0.1) is 13.2 Å². The van der Waals surface area contributed by atoms with E-state index in [9.17, 15) is 26.3 Å². The van der Waals surface area contributed by atoms with Gasteiger partial charge in [-0.15, -0.1) is 0 Å². The highest BCUT2D eigenvalue weighted by Gasteiger charge is 2.70. The molecule has 0 fully saturated rings. The van der Waals surface area contributed by atoms with Gasteiger partial charge in [0.15, 0.2) is 0 Å². The average Bonchev–Trinajstić information content (AvgIpc) is 2.29. The van der Waals surface area contributed by atoms with Gasteiger partial charge < -0.3 is 14.6 Å². The molecule has 0 aliphatic heterocycles. The van der Waals surface area contributed by atoms with Gasteiger partial charge in [0.25, 0.3) is 5.60 Å². The van der Waals surface area contributed by atoms with Crippen LogP contribution in [0.5, 0.6) is 0 Å². The van der Waals surface area contributed by atoms with Crippen molar-refractivity contribution in [1.29, 1.82) is 0 Å². The summed E-state index contributed by atoms with van der Waals surface area (Å²) in [5.41, 5.74) is -4.79. The van der Waals surface area contributed by atoms with Gasteiger partial charge in [-0.1, -0.05) is 0 Å². The maximum Gasteiger partial charge on any atom is 0.427 e. The molecule has 0 saturated carbocycles. The molecule has 0 bridgehead atoms. The number of hydrogen-bond acceptors (Lipinski definition) is 4. The standard InChI is InChI=1S/C10H17F6NO3/c1-19-5-3-17(4-6-20-2)7-8(18,9(11,12)13)10(14,15)16/h18H,3-7H2,1-2H3. The largest absolute Gasteiger partial charge is 0.427 e. The first-order valence-corrected chi connectivity index (χ1v) is 5.55. The lowest BCUT2D eigenvalue weighted by Crippen LogP contribution is -2.63. The molecule has 0 unspecified atom stereocenters. The molecule has 0 spiro atoms. The van der Waals surface area contributed by atoms with Crippen molar-refractivity contribution < 1.29 is 40.9 Å². The van der Waals surface area contributed by atoms with Gasteiger partial charge in [0, 0.05) is 33.9 Å². The Morgan fingerprint density at radius 2 is 1.20 bits per heavy atom. The van der Waals surface area contributed by atoms with E-state index in [1.807, 2.05) is 0 Å². The molecule has 0 rings (SSSR count). The minimum absolute atomic E-state index is 0.0739. The van der Waals surface area contributed by atoms with Gasteiger partial charge in [-0.25, -0.2) is 0 Å². The van der Waals surface area contributed by atoms with Crippen LogP contribution in [0.15, 0.2) is 0 Å². The van der Waals surface area contributed by atoms with E-state index in [4.69, 9.17) is 5.11 Å². The zero-order valence-corrected chi connectivity index (χ0v) is 11.0. The van der Waals surface area contributed by atoms with Crippen LogP contribution in [0, 0.1) is 0 Å². The van der Waals surface area contributed by atoms with Gasteiger partial charge in [-0.2, -0.15) is 26.3 Å². The Morgan fingerprint density at radius 1 is 0.850 bits per heavy atom. The summed E-state index contributed by atoms with van der Waals surface area (Å²) in [5.74, 6) is 0. The van der Waals surface area contributed by atoms with Crippen LogP contribution in [0.2, 0.25) is 0 Å². The third-order valence-corrected chi connectivity index (χ3v) is 2.61. The van der Waals surface area contributed by atoms with E-state index in [0.717, 1.165) is 4.90 Å². The fourth-order valence-corrected chi connectivity index (χ4v) is 1.37. The Morgan fingerprint density at radius 3 is 1.45 bits per heavy atom. The quantitative estimate of drug-likeness (QED) is 0.689. The molecule has 0 amide bonds. The van der Waals surface area contributed by atoms with Crippen LogP contribution in [0.25, 0.3) is 0 Å². The number of alkyl halides is 6. The molecule has 0 aromatic heterocycles. The lowest BCUT2D eigenvalue weighted by molar-refractivity contribution is -0.370. The molecule has 0 aliphatic rings. The van der Waals surface area contributed by atoms with Crippen LogP contribution in [0.4, 0.5) is 26.3 Å². The minimum atomic E-state index is -5.83. The molecular formula is C10H17F6NO3. The lowest BCUT2D eigenvalue weighted by atomic mass is 10.0. The first kappa shape index (κ1) is 19.4. The van der Waals surface area contributed by atoms with Gasteiger partial charge in [-0.3, -0.25) is 4.90 Å². The number of halogens is 6. The maximum atomic E-state index is 12.5. The van der Waals surface area contributed by atoms with Crippen molar-refractivity contribution in [2.45, 2.75) is 18.0 Å². The smallest absolute Gasteiger partial charge is 0.383 e. The van der Waals surface area contributed by atoms with Crippen molar-refractivity contribution >= 4 is 0 Å². The van der Waals surface area contributed by atoms with E-state index < -0.39 is 24.5 Å². The second-order valence-electron chi connectivity index (χ2n) is 4.12. The van der Waals surface area contributed by atoms with Crippen LogP contribution < -0.4 is 0 Å². The minimum Gasteiger partial charge on any atom is -0.383 e. The number of aliphatic hydroxyl groups is 1. The normalized spacial score (nSPS) is 14.1. The van der Waals surface area contributed by atoms with Crippen molar-refractivity contribution in [1.82, 2.24) is 4.90 Å². The molecule has 1 N–H and O–H groups in total. The monoisotopic (exact) mass is 313 g/mol. The summed E-state index contributed by atoms with van der Waals surface area (Å²) in [4.78, 5) is 0.786. The number of hydrogen-bond donors (Lipinski definition) is 1. The molecule has 0 radical (unpaired) electrons. The van der Waals surface area contributed by atoms with Crippen LogP contribution in [0.3, 0.4) is 0 Å². The Labute approximate surface area is 112 Å². The molecular weight excluding hydrogens is 296 g/mol. The maximum absolute atomic E-state index is 12.5. The highest BCUT2D eigenvalue weighted by molar-refractivity contribution is 4.96. The summed E-state index contributed by atoms with van der Waals surface area (Å²) < 4.78 is 84.5. The third-order valence-electron chi connectivity index (χ3n) is 2.61. The second kappa shape index (κ2) is 7.43. The van der Waals surface area contributed by atoms with E-state index in [2.05, 4.69) is 9.47 Å². The van der Waals surface area contributed by atoms with Gasteiger partial charge in [0.2, 0.25) is 0 Å². The van der Waals surface area contributed by atoms with Crippen LogP contribution in [0.1, 0.15) is 0 Å². The first-order valence-electron chi connectivity index (χ1n) is 5.55. The Bertz CT molecular complexity index is 259. The molecule has 0 aromatic carbocycles. The van der Waals surface area contributed by atoms with Crippen molar-refractivity contribution in [3.05, 3.63) is 0 Å². The number of methoxy groups -OCH3 is 2. The predicted molar refractivity (Wildman–Crippen MR) is 57.3 cm³/mol. The number of rotatable bonds is 8. The summed E-state index contributed by atoms with van der Waals surface area (Å²) in [6, 6.07) is 0. The SMILES string of the molecule is COCCN(CCOC)CC(O)(C(F)(F)F)C(F)(F)F. The van der Waals surface area contributed by atoms with Gasteiger partial charge in [-0.05, 0) is 0 Å². The van der Waals surface area contributed by atoms with Gasteiger partial charge in [0.1, 0.15) is 0 Å². The van der Waals surface area contributed by atoms with E-state index in [1.165, 1.54) is 14.2 Å². The predicted octanol–water partition coefficient (Wildman–Crippen LogP) is 1.44. The summed E-state index contributed by atoms with van der Waals surface area (Å²) >= 11 is 0.